The number of hydrogen-bond acceptors (Lipinski definition) is 6. The highest BCUT2D eigenvalue weighted by atomic mass is 16.5. The Kier molecular flexibility index (Phi) is 9.39. The molecule has 0 aliphatic carbocycles. The van der Waals surface area contributed by atoms with Gasteiger partial charge in [-0.2, -0.15) is 0 Å². The van der Waals surface area contributed by atoms with Gasteiger partial charge in [-0.1, -0.05) is 6.07 Å². The van der Waals surface area contributed by atoms with E-state index in [9.17, 15) is 9.59 Å². The lowest BCUT2D eigenvalue weighted by Gasteiger charge is -2.24. The zero-order valence-corrected chi connectivity index (χ0v) is 15.5. The Hall–Kier alpha value is -2.28. The maximum absolute atomic E-state index is 12.5. The van der Waals surface area contributed by atoms with Gasteiger partial charge in [0.25, 0.3) is 5.91 Å². The molecule has 0 aliphatic heterocycles. The molecular weight excluding hydrogens is 324 g/mol. The summed E-state index contributed by atoms with van der Waals surface area (Å²) in [5.74, 6) is 0.746. The van der Waals surface area contributed by atoms with Crippen LogP contribution >= 0.6 is 0 Å². The predicted octanol–water partition coefficient (Wildman–Crippen LogP) is 1.42. The first kappa shape index (κ1) is 20.8. The van der Waals surface area contributed by atoms with Crippen molar-refractivity contribution in [3.8, 4) is 11.5 Å². The van der Waals surface area contributed by atoms with Crippen LogP contribution in [0.25, 0.3) is 0 Å². The van der Waals surface area contributed by atoms with Gasteiger partial charge >= 0.3 is 5.97 Å². The third-order valence-electron chi connectivity index (χ3n) is 3.46. The van der Waals surface area contributed by atoms with Crippen molar-refractivity contribution < 1.29 is 23.8 Å². The summed E-state index contributed by atoms with van der Waals surface area (Å²) >= 11 is 0. The maximum atomic E-state index is 12.5. The highest BCUT2D eigenvalue weighted by Gasteiger charge is 2.16. The molecule has 25 heavy (non-hydrogen) atoms. The molecule has 1 amide bonds. The van der Waals surface area contributed by atoms with Crippen molar-refractivity contribution in [2.24, 2.45) is 0 Å². The Morgan fingerprint density at radius 1 is 1.08 bits per heavy atom. The van der Waals surface area contributed by atoms with Crippen LogP contribution in [0.15, 0.2) is 24.3 Å². The molecule has 0 atom stereocenters. The fraction of sp³-hybridized carbons (Fsp3) is 0.556. The van der Waals surface area contributed by atoms with Gasteiger partial charge in [0.15, 0.2) is 6.61 Å². The second-order valence-corrected chi connectivity index (χ2v) is 5.71. The Labute approximate surface area is 149 Å². The molecule has 1 aromatic rings. The molecule has 1 aromatic carbocycles. The number of ether oxygens (including phenoxy) is 3. The second-order valence-electron chi connectivity index (χ2n) is 5.71. The lowest BCUT2D eigenvalue weighted by molar-refractivity contribution is -0.144. The fourth-order valence-corrected chi connectivity index (χ4v) is 2.07. The quantitative estimate of drug-likeness (QED) is 0.561. The number of carbonyl (C=O) groups is 2. The summed E-state index contributed by atoms with van der Waals surface area (Å²) < 4.78 is 15.6. The van der Waals surface area contributed by atoms with Crippen LogP contribution in [0.2, 0.25) is 0 Å². The molecular formula is C18H28N2O5. The van der Waals surface area contributed by atoms with Gasteiger partial charge in [-0.3, -0.25) is 9.59 Å². The highest BCUT2D eigenvalue weighted by Crippen LogP contribution is 2.18. The van der Waals surface area contributed by atoms with Crippen molar-refractivity contribution in [2.75, 3.05) is 54.1 Å². The summed E-state index contributed by atoms with van der Waals surface area (Å²) in [5.41, 5.74) is 0. The van der Waals surface area contributed by atoms with Crippen LogP contribution in [-0.2, 0) is 14.3 Å². The van der Waals surface area contributed by atoms with E-state index in [0.717, 1.165) is 0 Å². The van der Waals surface area contributed by atoms with Gasteiger partial charge in [0.1, 0.15) is 11.5 Å². The van der Waals surface area contributed by atoms with Crippen molar-refractivity contribution in [3.63, 3.8) is 0 Å². The molecule has 0 aliphatic rings. The second kappa shape index (κ2) is 11.3. The summed E-state index contributed by atoms with van der Waals surface area (Å²) in [7, 11) is 5.43. The number of benzene rings is 1. The summed E-state index contributed by atoms with van der Waals surface area (Å²) in [5, 5.41) is 0. The van der Waals surface area contributed by atoms with Crippen LogP contribution in [0.3, 0.4) is 0 Å². The lowest BCUT2D eigenvalue weighted by Crippen LogP contribution is -2.40. The van der Waals surface area contributed by atoms with Gasteiger partial charge < -0.3 is 24.0 Å². The molecule has 0 unspecified atom stereocenters. The lowest BCUT2D eigenvalue weighted by atomic mass is 10.3. The Bertz CT molecular complexity index is 548. The highest BCUT2D eigenvalue weighted by molar-refractivity contribution is 5.78. The third kappa shape index (κ3) is 8.39. The molecule has 0 radical (unpaired) electrons. The average molecular weight is 352 g/mol. The van der Waals surface area contributed by atoms with E-state index in [1.807, 2.05) is 19.0 Å². The first-order valence-corrected chi connectivity index (χ1v) is 8.31. The largest absolute Gasteiger partial charge is 0.497 e. The number of esters is 1. The fourth-order valence-electron chi connectivity index (χ4n) is 2.07. The van der Waals surface area contributed by atoms with E-state index in [2.05, 4.69) is 0 Å². The van der Waals surface area contributed by atoms with Crippen molar-refractivity contribution in [1.29, 1.82) is 0 Å². The summed E-state index contributed by atoms with van der Waals surface area (Å²) in [6.45, 7) is 3.54. The van der Waals surface area contributed by atoms with E-state index in [-0.39, 0.29) is 24.9 Å². The van der Waals surface area contributed by atoms with Gasteiger partial charge in [0.05, 0.1) is 20.1 Å². The SMILES string of the molecule is CCOC(=O)CCN(CCN(C)C)C(=O)COc1cccc(OC)c1. The number of likely N-dealkylation sites (N-methyl/N-ethyl adjacent to an activating group) is 1. The average Bonchev–Trinajstić information content (AvgIpc) is 2.60. The Morgan fingerprint density at radius 3 is 2.44 bits per heavy atom. The topological polar surface area (TPSA) is 68.3 Å². The molecule has 0 saturated heterocycles. The number of amides is 1. The molecule has 0 N–H and O–H groups in total. The Balaban J connectivity index is 2.58. The van der Waals surface area contributed by atoms with E-state index >= 15 is 0 Å². The summed E-state index contributed by atoms with van der Waals surface area (Å²) in [6, 6.07) is 7.08. The van der Waals surface area contributed by atoms with Gasteiger partial charge in [-0.05, 0) is 33.2 Å². The van der Waals surface area contributed by atoms with Crippen molar-refractivity contribution in [1.82, 2.24) is 9.80 Å². The van der Waals surface area contributed by atoms with Crippen LogP contribution in [-0.4, -0.2) is 75.7 Å². The molecule has 7 heteroatoms. The van der Waals surface area contributed by atoms with E-state index < -0.39 is 0 Å². The van der Waals surface area contributed by atoms with Crippen LogP contribution in [0, 0.1) is 0 Å². The first-order valence-electron chi connectivity index (χ1n) is 8.31. The predicted molar refractivity (Wildman–Crippen MR) is 94.9 cm³/mol. The molecule has 140 valence electrons. The van der Waals surface area contributed by atoms with Crippen LogP contribution in [0.1, 0.15) is 13.3 Å². The van der Waals surface area contributed by atoms with E-state index in [1.165, 1.54) is 0 Å². The molecule has 0 bridgehead atoms. The molecule has 0 saturated carbocycles. The summed E-state index contributed by atoms with van der Waals surface area (Å²) in [6.07, 6.45) is 0.173. The van der Waals surface area contributed by atoms with E-state index in [0.29, 0.717) is 37.7 Å². The number of carbonyl (C=O) groups excluding carboxylic acids is 2. The first-order chi connectivity index (χ1) is 12.0. The molecule has 0 heterocycles. The van der Waals surface area contributed by atoms with Gasteiger partial charge in [-0.25, -0.2) is 0 Å². The molecule has 1 rings (SSSR count). The number of methoxy groups -OCH3 is 1. The smallest absolute Gasteiger partial charge is 0.307 e. The minimum absolute atomic E-state index is 0.0938. The van der Waals surface area contributed by atoms with Crippen molar-refractivity contribution in [3.05, 3.63) is 24.3 Å². The van der Waals surface area contributed by atoms with Gasteiger partial charge in [-0.15, -0.1) is 0 Å². The monoisotopic (exact) mass is 352 g/mol. The van der Waals surface area contributed by atoms with Crippen molar-refractivity contribution in [2.45, 2.75) is 13.3 Å². The van der Waals surface area contributed by atoms with E-state index in [1.54, 1.807) is 43.2 Å². The number of hydrogen-bond donors (Lipinski definition) is 0. The number of rotatable bonds is 11. The van der Waals surface area contributed by atoms with Gasteiger partial charge in [0, 0.05) is 25.7 Å². The molecule has 0 spiro atoms. The minimum Gasteiger partial charge on any atom is -0.497 e. The maximum Gasteiger partial charge on any atom is 0.307 e. The third-order valence-corrected chi connectivity index (χ3v) is 3.46. The Morgan fingerprint density at radius 2 is 1.80 bits per heavy atom. The van der Waals surface area contributed by atoms with Crippen molar-refractivity contribution >= 4 is 11.9 Å². The van der Waals surface area contributed by atoms with E-state index in [4.69, 9.17) is 14.2 Å². The molecule has 0 aromatic heterocycles. The van der Waals surface area contributed by atoms with Crippen LogP contribution in [0.4, 0.5) is 0 Å². The van der Waals surface area contributed by atoms with Crippen LogP contribution < -0.4 is 9.47 Å². The number of nitrogens with zero attached hydrogens (tertiary/aromatic N) is 2. The minimum atomic E-state index is -0.307. The molecule has 0 fully saturated rings. The van der Waals surface area contributed by atoms with Crippen LogP contribution in [0.5, 0.6) is 11.5 Å². The summed E-state index contributed by atoms with van der Waals surface area (Å²) in [4.78, 5) is 27.6. The standard InChI is InChI=1S/C18H28N2O5/c1-5-24-18(22)9-10-20(12-11-19(2)3)17(21)14-25-16-8-6-7-15(13-16)23-4/h6-8,13H,5,9-12,14H2,1-4H3. The zero-order chi connectivity index (χ0) is 18.7. The normalized spacial score (nSPS) is 10.4. The molecule has 7 nitrogen and oxygen atoms in total. The van der Waals surface area contributed by atoms with Gasteiger partial charge in [0.2, 0.25) is 0 Å². The zero-order valence-electron chi connectivity index (χ0n) is 15.5.